The first kappa shape index (κ1) is 17.3. The second-order valence-electron chi connectivity index (χ2n) is 7.13. The predicted molar refractivity (Wildman–Crippen MR) is 108 cm³/mol. The van der Waals surface area contributed by atoms with Crippen LogP contribution in [0.2, 0.25) is 0 Å². The molecule has 0 atom stereocenters. The third-order valence-electron chi connectivity index (χ3n) is 5.39. The number of benzene rings is 2. The SMILES string of the molecule is O=C1c2cnc3[nH]ncc3c2C(=O)N1Cc1ccccc1CCc1ccccc1. The topological polar surface area (TPSA) is 79.0 Å². The Kier molecular flexibility index (Phi) is 4.17. The lowest BCUT2D eigenvalue weighted by molar-refractivity contribution is 0.0642. The number of aromatic amines is 1. The van der Waals surface area contributed by atoms with E-state index in [-0.39, 0.29) is 18.4 Å². The molecule has 4 aromatic rings. The number of fused-ring (bicyclic) bond motifs is 3. The van der Waals surface area contributed by atoms with E-state index in [1.807, 2.05) is 36.4 Å². The Balaban J connectivity index is 1.42. The van der Waals surface area contributed by atoms with Crippen LogP contribution in [0.15, 0.2) is 67.0 Å². The molecule has 29 heavy (non-hydrogen) atoms. The van der Waals surface area contributed by atoms with Gasteiger partial charge in [0.1, 0.15) is 0 Å². The number of hydrogen-bond donors (Lipinski definition) is 1. The van der Waals surface area contributed by atoms with Crippen molar-refractivity contribution in [1.29, 1.82) is 0 Å². The number of nitrogens with one attached hydrogen (secondary N) is 1. The average molecular weight is 382 g/mol. The smallest absolute Gasteiger partial charge is 0.263 e. The lowest BCUT2D eigenvalue weighted by atomic mass is 9.99. The van der Waals surface area contributed by atoms with Gasteiger partial charge < -0.3 is 0 Å². The van der Waals surface area contributed by atoms with Crippen molar-refractivity contribution in [2.45, 2.75) is 19.4 Å². The quantitative estimate of drug-likeness (QED) is 0.536. The molecule has 6 nitrogen and oxygen atoms in total. The summed E-state index contributed by atoms with van der Waals surface area (Å²) in [5.74, 6) is -0.602. The minimum absolute atomic E-state index is 0.247. The molecule has 2 amide bonds. The molecule has 1 N–H and O–H groups in total. The zero-order chi connectivity index (χ0) is 19.8. The van der Waals surface area contributed by atoms with Crippen LogP contribution in [0.5, 0.6) is 0 Å². The highest BCUT2D eigenvalue weighted by atomic mass is 16.2. The summed E-state index contributed by atoms with van der Waals surface area (Å²) in [4.78, 5) is 31.5. The van der Waals surface area contributed by atoms with Crippen LogP contribution in [-0.2, 0) is 19.4 Å². The van der Waals surface area contributed by atoms with E-state index in [2.05, 4.69) is 33.4 Å². The third kappa shape index (κ3) is 2.99. The van der Waals surface area contributed by atoms with Crippen LogP contribution in [0.3, 0.4) is 0 Å². The van der Waals surface area contributed by atoms with Gasteiger partial charge >= 0.3 is 0 Å². The molecule has 0 spiro atoms. The molecule has 2 aromatic heterocycles. The van der Waals surface area contributed by atoms with Gasteiger partial charge in [-0.2, -0.15) is 5.10 Å². The third-order valence-corrected chi connectivity index (χ3v) is 5.39. The van der Waals surface area contributed by atoms with Crippen LogP contribution in [0, 0.1) is 0 Å². The molecule has 5 rings (SSSR count). The van der Waals surface area contributed by atoms with E-state index < -0.39 is 0 Å². The van der Waals surface area contributed by atoms with Gasteiger partial charge in [0.15, 0.2) is 5.65 Å². The van der Waals surface area contributed by atoms with Crippen LogP contribution in [0.1, 0.15) is 37.4 Å². The number of rotatable bonds is 5. The Labute approximate surface area is 167 Å². The van der Waals surface area contributed by atoms with Crippen LogP contribution >= 0.6 is 0 Å². The maximum atomic E-state index is 13.0. The molecule has 2 aromatic carbocycles. The number of nitrogens with zero attached hydrogens (tertiary/aromatic N) is 3. The van der Waals surface area contributed by atoms with Gasteiger partial charge in [-0.15, -0.1) is 0 Å². The van der Waals surface area contributed by atoms with Crippen LogP contribution in [-0.4, -0.2) is 31.9 Å². The van der Waals surface area contributed by atoms with Crippen molar-refractivity contribution in [3.05, 3.63) is 94.8 Å². The van der Waals surface area contributed by atoms with Gasteiger partial charge in [-0.3, -0.25) is 19.6 Å². The largest absolute Gasteiger partial charge is 0.270 e. The Morgan fingerprint density at radius 1 is 0.828 bits per heavy atom. The molecule has 0 saturated carbocycles. The minimum Gasteiger partial charge on any atom is -0.270 e. The van der Waals surface area contributed by atoms with Gasteiger partial charge in [0, 0.05) is 6.20 Å². The van der Waals surface area contributed by atoms with Crippen molar-refractivity contribution >= 4 is 22.8 Å². The van der Waals surface area contributed by atoms with Crippen LogP contribution < -0.4 is 0 Å². The van der Waals surface area contributed by atoms with Gasteiger partial charge in [-0.25, -0.2) is 4.98 Å². The Morgan fingerprint density at radius 3 is 2.41 bits per heavy atom. The Morgan fingerprint density at radius 2 is 1.59 bits per heavy atom. The summed E-state index contributed by atoms with van der Waals surface area (Å²) in [6.45, 7) is 0.247. The molecule has 0 bridgehead atoms. The highest BCUT2D eigenvalue weighted by Gasteiger charge is 2.38. The van der Waals surface area contributed by atoms with Crippen molar-refractivity contribution in [3.63, 3.8) is 0 Å². The lowest BCUT2D eigenvalue weighted by Crippen LogP contribution is -2.29. The molecule has 0 saturated heterocycles. The first-order valence-corrected chi connectivity index (χ1v) is 9.51. The first-order chi connectivity index (χ1) is 14.2. The maximum Gasteiger partial charge on any atom is 0.263 e. The number of carbonyl (C=O) groups is 2. The molecular weight excluding hydrogens is 364 g/mol. The number of imide groups is 1. The summed E-state index contributed by atoms with van der Waals surface area (Å²) in [7, 11) is 0. The van der Waals surface area contributed by atoms with Crippen molar-refractivity contribution < 1.29 is 9.59 Å². The molecule has 0 fully saturated rings. The molecule has 142 valence electrons. The van der Waals surface area contributed by atoms with Gasteiger partial charge in [0.2, 0.25) is 0 Å². The molecule has 3 heterocycles. The van der Waals surface area contributed by atoms with E-state index >= 15 is 0 Å². The zero-order valence-corrected chi connectivity index (χ0v) is 15.6. The van der Waals surface area contributed by atoms with E-state index in [0.717, 1.165) is 24.0 Å². The lowest BCUT2D eigenvalue weighted by Gasteiger charge is -2.17. The number of aryl methyl sites for hydroxylation is 2. The van der Waals surface area contributed by atoms with E-state index in [9.17, 15) is 9.59 Å². The fourth-order valence-corrected chi connectivity index (χ4v) is 3.86. The van der Waals surface area contributed by atoms with Crippen molar-refractivity contribution in [2.24, 2.45) is 0 Å². The van der Waals surface area contributed by atoms with Crippen LogP contribution in [0.25, 0.3) is 11.0 Å². The van der Waals surface area contributed by atoms with Gasteiger partial charge in [0.05, 0.1) is 29.3 Å². The van der Waals surface area contributed by atoms with E-state index in [0.29, 0.717) is 22.2 Å². The highest BCUT2D eigenvalue weighted by Crippen LogP contribution is 2.29. The summed E-state index contributed by atoms with van der Waals surface area (Å²) < 4.78 is 0. The number of H-pyrrole nitrogens is 1. The van der Waals surface area contributed by atoms with Gasteiger partial charge in [-0.1, -0.05) is 54.6 Å². The van der Waals surface area contributed by atoms with E-state index in [4.69, 9.17) is 0 Å². The second kappa shape index (κ2) is 6.98. The summed E-state index contributed by atoms with van der Waals surface area (Å²) in [6.07, 6.45) is 4.75. The fraction of sp³-hybridized carbons (Fsp3) is 0.130. The molecule has 0 aliphatic carbocycles. The number of hydrogen-bond acceptors (Lipinski definition) is 4. The Hall–Kier alpha value is -3.80. The normalized spacial score (nSPS) is 13.3. The first-order valence-electron chi connectivity index (χ1n) is 9.51. The summed E-state index contributed by atoms with van der Waals surface area (Å²) >= 11 is 0. The van der Waals surface area contributed by atoms with Crippen molar-refractivity contribution in [2.75, 3.05) is 0 Å². The highest BCUT2D eigenvalue weighted by molar-refractivity contribution is 6.25. The predicted octanol–water partition coefficient (Wildman–Crippen LogP) is 3.54. The fourth-order valence-electron chi connectivity index (χ4n) is 3.86. The van der Waals surface area contributed by atoms with E-state index in [1.54, 1.807) is 6.20 Å². The summed E-state index contributed by atoms with van der Waals surface area (Å²) in [5.41, 5.74) is 4.61. The molecular formula is C23H18N4O2. The molecule has 0 unspecified atom stereocenters. The summed E-state index contributed by atoms with van der Waals surface area (Å²) in [5, 5.41) is 7.28. The van der Waals surface area contributed by atoms with E-state index in [1.165, 1.54) is 16.7 Å². The van der Waals surface area contributed by atoms with Crippen molar-refractivity contribution in [1.82, 2.24) is 20.1 Å². The average Bonchev–Trinajstić information content (AvgIpc) is 3.32. The second-order valence-corrected chi connectivity index (χ2v) is 7.13. The number of carbonyl (C=O) groups excluding carboxylic acids is 2. The van der Waals surface area contributed by atoms with Crippen molar-refractivity contribution in [3.8, 4) is 0 Å². The zero-order valence-electron chi connectivity index (χ0n) is 15.6. The Bertz CT molecular complexity index is 1230. The monoisotopic (exact) mass is 382 g/mol. The van der Waals surface area contributed by atoms with Gasteiger partial charge in [-0.05, 0) is 29.5 Å². The standard InChI is InChI=1S/C23H18N4O2/c28-22-19-12-24-21-18(13-25-26-21)20(19)23(29)27(22)14-17-9-5-4-8-16(17)11-10-15-6-2-1-3-7-15/h1-9,12-13H,10-11,14H2,(H,24,25,26). The van der Waals surface area contributed by atoms with Gasteiger partial charge in [0.25, 0.3) is 11.8 Å². The molecule has 1 aliphatic rings. The molecule has 1 aliphatic heterocycles. The minimum atomic E-state index is -0.307. The maximum absolute atomic E-state index is 13.0. The number of amides is 2. The molecule has 0 radical (unpaired) electrons. The number of aromatic nitrogens is 3. The van der Waals surface area contributed by atoms with Crippen LogP contribution in [0.4, 0.5) is 0 Å². The number of pyridine rings is 1. The molecule has 6 heteroatoms. The summed E-state index contributed by atoms with van der Waals surface area (Å²) in [6, 6.07) is 18.3.